The van der Waals surface area contributed by atoms with Crippen LogP contribution in [0.5, 0.6) is 0 Å². The molecule has 1 aromatic heterocycles. The Kier molecular flexibility index (Phi) is 4.57. The van der Waals surface area contributed by atoms with Crippen LogP contribution in [0.1, 0.15) is 24.0 Å². The standard InChI is InChI=1S/C18H16FN3O4/c1-3-8-26-17(24)12-9(2)20-15-14(16(23)22-18(25)21-15)13(12)10-4-6-11(19)7-5-10/h3-7,13H,1,8H2,2H3,(H3,20,21,22,23,25)/t13-/m1/s1. The van der Waals surface area contributed by atoms with Crippen LogP contribution < -0.4 is 16.6 Å². The van der Waals surface area contributed by atoms with E-state index in [4.69, 9.17) is 4.74 Å². The van der Waals surface area contributed by atoms with Gasteiger partial charge in [-0.3, -0.25) is 14.8 Å². The fraction of sp³-hybridized carbons (Fsp3) is 0.167. The number of hydrogen-bond donors (Lipinski definition) is 3. The number of H-pyrrole nitrogens is 2. The zero-order valence-electron chi connectivity index (χ0n) is 13.9. The summed E-state index contributed by atoms with van der Waals surface area (Å²) in [5.41, 5.74) is -0.0497. The largest absolute Gasteiger partial charge is 0.458 e. The smallest absolute Gasteiger partial charge is 0.337 e. The number of nitrogens with one attached hydrogen (secondary N) is 3. The number of benzene rings is 1. The van der Waals surface area contributed by atoms with Crippen LogP contribution in [-0.4, -0.2) is 22.5 Å². The number of halogens is 1. The highest BCUT2D eigenvalue weighted by molar-refractivity contribution is 5.94. The Morgan fingerprint density at radius 2 is 1.96 bits per heavy atom. The molecule has 2 heterocycles. The number of hydrogen-bond acceptors (Lipinski definition) is 5. The van der Waals surface area contributed by atoms with Crippen molar-refractivity contribution in [1.82, 2.24) is 9.97 Å². The lowest BCUT2D eigenvalue weighted by atomic mass is 9.82. The normalized spacial score (nSPS) is 15.8. The quantitative estimate of drug-likeness (QED) is 0.571. The van der Waals surface area contributed by atoms with E-state index in [1.807, 2.05) is 0 Å². The third-order valence-electron chi connectivity index (χ3n) is 4.03. The highest BCUT2D eigenvalue weighted by Crippen LogP contribution is 2.39. The predicted molar refractivity (Wildman–Crippen MR) is 93.4 cm³/mol. The molecule has 7 nitrogen and oxygen atoms in total. The number of carbonyl (C=O) groups is 1. The maximum absolute atomic E-state index is 13.3. The van der Waals surface area contributed by atoms with Crippen molar-refractivity contribution in [2.24, 2.45) is 0 Å². The van der Waals surface area contributed by atoms with Gasteiger partial charge >= 0.3 is 11.7 Å². The number of rotatable bonds is 4. The van der Waals surface area contributed by atoms with Gasteiger partial charge in [0.15, 0.2) is 0 Å². The summed E-state index contributed by atoms with van der Waals surface area (Å²) in [6, 6.07) is 5.43. The summed E-state index contributed by atoms with van der Waals surface area (Å²) in [7, 11) is 0. The van der Waals surface area contributed by atoms with Gasteiger partial charge in [-0.2, -0.15) is 0 Å². The molecule has 2 aromatic rings. The molecule has 1 aliphatic heterocycles. The molecule has 0 saturated carbocycles. The van der Waals surface area contributed by atoms with Crippen molar-refractivity contribution in [3.63, 3.8) is 0 Å². The highest BCUT2D eigenvalue weighted by atomic mass is 19.1. The van der Waals surface area contributed by atoms with Gasteiger partial charge in [-0.1, -0.05) is 24.8 Å². The number of anilines is 1. The van der Waals surface area contributed by atoms with Gasteiger partial charge in [-0.05, 0) is 24.6 Å². The second kappa shape index (κ2) is 6.83. The van der Waals surface area contributed by atoms with Crippen LogP contribution in [0.25, 0.3) is 0 Å². The van der Waals surface area contributed by atoms with Crippen molar-refractivity contribution < 1.29 is 13.9 Å². The monoisotopic (exact) mass is 357 g/mol. The van der Waals surface area contributed by atoms with Gasteiger partial charge in [0.1, 0.15) is 18.2 Å². The van der Waals surface area contributed by atoms with Gasteiger partial charge in [0.25, 0.3) is 5.56 Å². The van der Waals surface area contributed by atoms with Crippen LogP contribution >= 0.6 is 0 Å². The SMILES string of the molecule is C=CCOC(=O)C1=C(C)Nc2[nH]c(=O)[nH]c(=O)c2[C@@H]1c1ccc(F)cc1. The second-order valence-electron chi connectivity index (χ2n) is 5.73. The lowest BCUT2D eigenvalue weighted by Gasteiger charge is -2.28. The zero-order chi connectivity index (χ0) is 18.8. The molecule has 3 N–H and O–H groups in total. The molecule has 0 radical (unpaired) electrons. The van der Waals surface area contributed by atoms with Gasteiger partial charge in [0.05, 0.1) is 17.1 Å². The lowest BCUT2D eigenvalue weighted by Crippen LogP contribution is -2.35. The number of fused-ring (bicyclic) bond motifs is 1. The first-order valence-corrected chi connectivity index (χ1v) is 7.80. The van der Waals surface area contributed by atoms with Gasteiger partial charge < -0.3 is 10.1 Å². The molecule has 3 rings (SSSR count). The average Bonchev–Trinajstić information content (AvgIpc) is 2.59. The number of aromatic amines is 2. The van der Waals surface area contributed by atoms with E-state index >= 15 is 0 Å². The molecule has 0 unspecified atom stereocenters. The zero-order valence-corrected chi connectivity index (χ0v) is 13.9. The Bertz CT molecular complexity index is 1020. The molecule has 0 fully saturated rings. The molecule has 1 aliphatic rings. The van der Waals surface area contributed by atoms with Crippen molar-refractivity contribution in [1.29, 1.82) is 0 Å². The van der Waals surface area contributed by atoms with E-state index < -0.39 is 29.0 Å². The Morgan fingerprint density at radius 3 is 2.62 bits per heavy atom. The Hall–Kier alpha value is -3.42. The minimum absolute atomic E-state index is 0.000584. The summed E-state index contributed by atoms with van der Waals surface area (Å²) in [4.78, 5) is 41.3. The number of allylic oxidation sites excluding steroid dienone is 1. The van der Waals surface area contributed by atoms with Crippen molar-refractivity contribution in [2.45, 2.75) is 12.8 Å². The summed E-state index contributed by atoms with van der Waals surface area (Å²) < 4.78 is 18.5. The van der Waals surface area contributed by atoms with Crippen molar-refractivity contribution in [3.8, 4) is 0 Å². The lowest BCUT2D eigenvalue weighted by molar-refractivity contribution is -0.138. The fourth-order valence-corrected chi connectivity index (χ4v) is 2.96. The number of aromatic nitrogens is 2. The van der Waals surface area contributed by atoms with E-state index in [-0.39, 0.29) is 23.6 Å². The van der Waals surface area contributed by atoms with Crippen LogP contribution in [-0.2, 0) is 9.53 Å². The molecule has 26 heavy (non-hydrogen) atoms. The second-order valence-corrected chi connectivity index (χ2v) is 5.73. The van der Waals surface area contributed by atoms with Gasteiger partial charge in [-0.15, -0.1) is 0 Å². The van der Waals surface area contributed by atoms with E-state index in [9.17, 15) is 18.8 Å². The van der Waals surface area contributed by atoms with E-state index in [1.165, 1.54) is 30.3 Å². The molecule has 0 aliphatic carbocycles. The van der Waals surface area contributed by atoms with Crippen LogP contribution in [0.4, 0.5) is 10.2 Å². The maximum atomic E-state index is 13.3. The summed E-state index contributed by atoms with van der Waals surface area (Å²) in [5.74, 6) is -1.73. The van der Waals surface area contributed by atoms with E-state index in [0.29, 0.717) is 11.3 Å². The van der Waals surface area contributed by atoms with Crippen molar-refractivity contribution >= 4 is 11.8 Å². The Morgan fingerprint density at radius 1 is 1.27 bits per heavy atom. The average molecular weight is 357 g/mol. The highest BCUT2D eigenvalue weighted by Gasteiger charge is 2.35. The first-order chi connectivity index (χ1) is 12.4. The first kappa shape index (κ1) is 17.4. The number of ether oxygens (including phenoxy) is 1. The van der Waals surface area contributed by atoms with E-state index in [1.54, 1.807) is 6.92 Å². The van der Waals surface area contributed by atoms with Gasteiger partial charge in [-0.25, -0.2) is 14.0 Å². The minimum atomic E-state index is -0.829. The molecule has 0 amide bonds. The topological polar surface area (TPSA) is 104 Å². The summed E-state index contributed by atoms with van der Waals surface area (Å²) in [6.07, 6.45) is 1.43. The van der Waals surface area contributed by atoms with Crippen LogP contribution in [0.15, 0.2) is 57.8 Å². The Labute approximate surface area is 147 Å². The van der Waals surface area contributed by atoms with E-state index in [0.717, 1.165) is 0 Å². The molecule has 1 aromatic carbocycles. The van der Waals surface area contributed by atoms with Gasteiger partial charge in [0, 0.05) is 5.70 Å². The molecular weight excluding hydrogens is 341 g/mol. The van der Waals surface area contributed by atoms with Crippen LogP contribution in [0.2, 0.25) is 0 Å². The summed E-state index contributed by atoms with van der Waals surface area (Å²) in [6.45, 7) is 5.13. The summed E-state index contributed by atoms with van der Waals surface area (Å²) in [5, 5.41) is 2.86. The first-order valence-electron chi connectivity index (χ1n) is 7.80. The molecule has 0 saturated heterocycles. The summed E-state index contributed by atoms with van der Waals surface area (Å²) >= 11 is 0. The molecule has 0 spiro atoms. The van der Waals surface area contributed by atoms with E-state index in [2.05, 4.69) is 21.9 Å². The van der Waals surface area contributed by atoms with Crippen molar-refractivity contribution in [3.05, 3.63) is 86.0 Å². The number of esters is 1. The molecule has 134 valence electrons. The minimum Gasteiger partial charge on any atom is -0.458 e. The number of carbonyl (C=O) groups excluding carboxylic acids is 1. The van der Waals surface area contributed by atoms with Crippen LogP contribution in [0.3, 0.4) is 0 Å². The Balaban J connectivity index is 2.23. The maximum Gasteiger partial charge on any atom is 0.337 e. The molecule has 0 bridgehead atoms. The third kappa shape index (κ3) is 3.08. The molecule has 1 atom stereocenters. The predicted octanol–water partition coefficient (Wildman–Crippen LogP) is 1.76. The van der Waals surface area contributed by atoms with Gasteiger partial charge in [0.2, 0.25) is 0 Å². The molecule has 8 heteroatoms. The van der Waals surface area contributed by atoms with Crippen LogP contribution in [0, 0.1) is 5.82 Å². The van der Waals surface area contributed by atoms with Crippen molar-refractivity contribution in [2.75, 3.05) is 11.9 Å². The third-order valence-corrected chi connectivity index (χ3v) is 4.03. The fourth-order valence-electron chi connectivity index (χ4n) is 2.96. The molecular formula is C18H16FN3O4.